The van der Waals surface area contributed by atoms with Crippen molar-refractivity contribution < 1.29 is 22.7 Å². The third kappa shape index (κ3) is 5.80. The van der Waals surface area contributed by atoms with Crippen LogP contribution in [0.3, 0.4) is 0 Å². The molecule has 0 aliphatic heterocycles. The molecular weight excluding hydrogens is 345 g/mol. The summed E-state index contributed by atoms with van der Waals surface area (Å²) in [6.07, 6.45) is 5.39. The molecule has 140 valence electrons. The molecule has 1 aromatic carbocycles. The van der Waals surface area contributed by atoms with E-state index >= 15 is 0 Å². The molecule has 1 fully saturated rings. The average Bonchev–Trinajstić information content (AvgIpc) is 3.25. The van der Waals surface area contributed by atoms with Gasteiger partial charge in [0.2, 0.25) is 10.0 Å². The molecule has 0 spiro atoms. The van der Waals surface area contributed by atoms with Gasteiger partial charge >= 0.3 is 0 Å². The first-order valence-corrected chi connectivity index (χ1v) is 10.0. The third-order valence-corrected chi connectivity index (χ3v) is 5.43. The van der Waals surface area contributed by atoms with E-state index in [9.17, 15) is 17.9 Å². The third-order valence-electron chi connectivity index (χ3n) is 3.95. The first-order chi connectivity index (χ1) is 11.6. The van der Waals surface area contributed by atoms with Gasteiger partial charge in [-0.3, -0.25) is 0 Å². The maximum Gasteiger partial charge on any atom is 0.212 e. The van der Waals surface area contributed by atoms with Crippen molar-refractivity contribution in [2.45, 2.75) is 51.2 Å². The first-order valence-electron chi connectivity index (χ1n) is 8.35. The van der Waals surface area contributed by atoms with Crippen LogP contribution in [0.1, 0.15) is 45.6 Å². The van der Waals surface area contributed by atoms with Crippen molar-refractivity contribution >= 4 is 10.0 Å². The minimum atomic E-state index is -3.43. The van der Waals surface area contributed by atoms with Crippen LogP contribution in [0.5, 0.6) is 5.75 Å². The summed E-state index contributed by atoms with van der Waals surface area (Å²) in [5, 5.41) is 9.72. The quantitative estimate of drug-likeness (QED) is 0.655. The molecule has 0 bridgehead atoms. The molecule has 0 saturated heterocycles. The zero-order valence-electron chi connectivity index (χ0n) is 14.9. The lowest BCUT2D eigenvalue weighted by Gasteiger charge is -2.21. The Bertz CT molecular complexity index is 734. The van der Waals surface area contributed by atoms with E-state index in [2.05, 4.69) is 4.72 Å². The molecule has 0 heterocycles. The van der Waals surface area contributed by atoms with Gasteiger partial charge in [-0.05, 0) is 57.7 Å². The zero-order valence-corrected chi connectivity index (χ0v) is 15.7. The van der Waals surface area contributed by atoms with Crippen LogP contribution in [-0.2, 0) is 15.6 Å². The van der Waals surface area contributed by atoms with E-state index in [1.54, 1.807) is 26.0 Å². The van der Waals surface area contributed by atoms with Gasteiger partial charge in [-0.1, -0.05) is 18.2 Å². The Hall–Kier alpha value is -1.44. The van der Waals surface area contributed by atoms with E-state index in [0.29, 0.717) is 24.8 Å². The molecule has 0 unspecified atom stereocenters. The smallest absolute Gasteiger partial charge is 0.212 e. The molecule has 1 aliphatic rings. The zero-order chi connectivity index (χ0) is 18.7. The van der Waals surface area contributed by atoms with Crippen molar-refractivity contribution in [1.29, 1.82) is 0 Å². The lowest BCUT2D eigenvalue weighted by atomic mass is 10.1. The van der Waals surface area contributed by atoms with Gasteiger partial charge < -0.3 is 9.84 Å². The predicted molar refractivity (Wildman–Crippen MR) is 95.5 cm³/mol. The number of sulfonamides is 1. The highest BCUT2D eigenvalue weighted by molar-refractivity contribution is 7.89. The summed E-state index contributed by atoms with van der Waals surface area (Å²) in [4.78, 5) is 0. The van der Waals surface area contributed by atoms with Crippen LogP contribution in [-0.4, -0.2) is 31.5 Å². The lowest BCUT2D eigenvalue weighted by Crippen LogP contribution is -2.36. The van der Waals surface area contributed by atoms with Gasteiger partial charge in [0.25, 0.3) is 0 Å². The Morgan fingerprint density at radius 3 is 2.64 bits per heavy atom. The number of benzene rings is 1. The summed E-state index contributed by atoms with van der Waals surface area (Å²) in [5.74, 6) is -0.513. The molecule has 1 aliphatic carbocycles. The second-order valence-corrected chi connectivity index (χ2v) is 8.95. The van der Waals surface area contributed by atoms with Gasteiger partial charge in [0.15, 0.2) is 11.6 Å². The minimum Gasteiger partial charge on any atom is -0.488 e. The maximum atomic E-state index is 13.9. The second kappa shape index (κ2) is 7.43. The monoisotopic (exact) mass is 371 g/mol. The van der Waals surface area contributed by atoms with Crippen LogP contribution < -0.4 is 9.46 Å². The summed E-state index contributed by atoms with van der Waals surface area (Å²) in [6.45, 7) is 4.91. The summed E-state index contributed by atoms with van der Waals surface area (Å²) in [7, 11) is -3.43. The molecule has 0 atom stereocenters. The van der Waals surface area contributed by atoms with Crippen LogP contribution in [0.4, 0.5) is 4.39 Å². The molecule has 2 N–H and O–H groups in total. The molecule has 1 saturated carbocycles. The van der Waals surface area contributed by atoms with Crippen molar-refractivity contribution in [3.63, 3.8) is 0 Å². The van der Waals surface area contributed by atoms with Crippen molar-refractivity contribution in [2.75, 3.05) is 12.4 Å². The normalized spacial score (nSPS) is 17.0. The van der Waals surface area contributed by atoms with Crippen LogP contribution >= 0.6 is 0 Å². The SMILES string of the molecule is C/C=C/CCS(=O)(=O)NC1(c2ccc(F)c(OCC(C)(C)O)c2)CC1. The van der Waals surface area contributed by atoms with Gasteiger partial charge in [0.1, 0.15) is 6.61 Å². The van der Waals surface area contributed by atoms with E-state index in [0.717, 1.165) is 0 Å². The number of allylic oxidation sites excluding steroid dienone is 2. The summed E-state index contributed by atoms with van der Waals surface area (Å²) in [5.41, 5.74) is -1.10. The molecule has 7 heteroatoms. The van der Waals surface area contributed by atoms with Gasteiger partial charge in [0, 0.05) is 0 Å². The first kappa shape index (κ1) is 19.9. The maximum absolute atomic E-state index is 13.9. The molecule has 0 radical (unpaired) electrons. The van der Waals surface area contributed by atoms with E-state index in [-0.39, 0.29) is 18.1 Å². The average molecular weight is 371 g/mol. The van der Waals surface area contributed by atoms with E-state index in [4.69, 9.17) is 4.74 Å². The molecule has 1 aromatic rings. The fourth-order valence-electron chi connectivity index (χ4n) is 2.48. The van der Waals surface area contributed by atoms with E-state index in [1.807, 2.05) is 13.0 Å². The summed E-state index contributed by atoms with van der Waals surface area (Å²) >= 11 is 0. The fraction of sp³-hybridized carbons (Fsp3) is 0.556. The van der Waals surface area contributed by atoms with Crippen molar-refractivity contribution in [2.24, 2.45) is 0 Å². The number of rotatable bonds is 9. The second-order valence-electron chi connectivity index (χ2n) is 7.11. The number of halogens is 1. The van der Waals surface area contributed by atoms with Gasteiger partial charge in [-0.2, -0.15) is 0 Å². The fourth-order valence-corrected chi connectivity index (χ4v) is 3.94. The van der Waals surface area contributed by atoms with Crippen molar-refractivity contribution in [3.05, 3.63) is 41.7 Å². The standard InChI is InChI=1S/C18H26FNO4S/c1-4-5-6-11-25(22,23)20-18(9-10-18)14-7-8-15(19)16(12-14)24-13-17(2,3)21/h4-5,7-8,12,20-21H,6,9-11,13H2,1-3H3/b5-4+. The van der Waals surface area contributed by atoms with Crippen LogP contribution in [0.2, 0.25) is 0 Å². The van der Waals surface area contributed by atoms with Crippen molar-refractivity contribution in [1.82, 2.24) is 4.72 Å². The largest absolute Gasteiger partial charge is 0.488 e. The molecule has 5 nitrogen and oxygen atoms in total. The van der Waals surface area contributed by atoms with Crippen LogP contribution in [0, 0.1) is 5.82 Å². The molecule has 2 rings (SSSR count). The van der Waals surface area contributed by atoms with Crippen LogP contribution in [0.25, 0.3) is 0 Å². The highest BCUT2D eigenvalue weighted by Crippen LogP contribution is 2.47. The van der Waals surface area contributed by atoms with Gasteiger partial charge in [0.05, 0.1) is 16.9 Å². The molecular formula is C18H26FNO4S. The molecule has 25 heavy (non-hydrogen) atoms. The number of hydrogen-bond donors (Lipinski definition) is 2. The molecule has 0 aromatic heterocycles. The van der Waals surface area contributed by atoms with E-state index < -0.39 is 27.0 Å². The Morgan fingerprint density at radius 2 is 2.08 bits per heavy atom. The predicted octanol–water partition coefficient (Wildman–Crippen LogP) is 2.85. The molecule has 0 amide bonds. The highest BCUT2D eigenvalue weighted by atomic mass is 32.2. The Balaban J connectivity index is 2.14. The Morgan fingerprint density at radius 1 is 1.40 bits per heavy atom. The topological polar surface area (TPSA) is 75.6 Å². The van der Waals surface area contributed by atoms with Crippen LogP contribution in [0.15, 0.2) is 30.4 Å². The minimum absolute atomic E-state index is 0.0130. The highest BCUT2D eigenvalue weighted by Gasteiger charge is 2.47. The number of ether oxygens (including phenoxy) is 1. The Kier molecular flexibility index (Phi) is 5.91. The Labute approximate surface area is 148 Å². The number of hydrogen-bond acceptors (Lipinski definition) is 4. The number of aliphatic hydroxyl groups is 1. The van der Waals surface area contributed by atoms with E-state index in [1.165, 1.54) is 12.1 Å². The van der Waals surface area contributed by atoms with Gasteiger partial charge in [-0.25, -0.2) is 17.5 Å². The lowest BCUT2D eigenvalue weighted by molar-refractivity contribution is 0.0271. The number of nitrogens with one attached hydrogen (secondary N) is 1. The van der Waals surface area contributed by atoms with Gasteiger partial charge in [-0.15, -0.1) is 0 Å². The summed E-state index contributed by atoms with van der Waals surface area (Å²) < 4.78 is 46.6. The summed E-state index contributed by atoms with van der Waals surface area (Å²) in [6, 6.07) is 4.36. The van der Waals surface area contributed by atoms with Crippen molar-refractivity contribution in [3.8, 4) is 5.75 Å².